The smallest absolute Gasteiger partial charge is 0.119 e. The van der Waals surface area contributed by atoms with Crippen LogP contribution in [0.25, 0.3) is 0 Å². The Balaban J connectivity index is 2.14. The van der Waals surface area contributed by atoms with Crippen LogP contribution in [0.1, 0.15) is 25.8 Å². The molecular formula is C14H23NO2. The third kappa shape index (κ3) is 6.29. The molecule has 1 rings (SSSR count). The second-order valence-electron chi connectivity index (χ2n) is 3.80. The highest BCUT2D eigenvalue weighted by Gasteiger charge is 1.94. The average molecular weight is 237 g/mol. The molecule has 17 heavy (non-hydrogen) atoms. The SMILES string of the molecule is CCOCCCNCc1ccc(OCC)cc1. The lowest BCUT2D eigenvalue weighted by molar-refractivity contribution is 0.144. The molecule has 1 aromatic carbocycles. The summed E-state index contributed by atoms with van der Waals surface area (Å²) >= 11 is 0. The molecule has 0 radical (unpaired) electrons. The lowest BCUT2D eigenvalue weighted by atomic mass is 10.2. The van der Waals surface area contributed by atoms with Crippen LogP contribution in [0.15, 0.2) is 24.3 Å². The van der Waals surface area contributed by atoms with E-state index >= 15 is 0 Å². The fraction of sp³-hybridized carbons (Fsp3) is 0.571. The van der Waals surface area contributed by atoms with Gasteiger partial charge in [-0.05, 0) is 44.5 Å². The van der Waals surface area contributed by atoms with E-state index in [0.717, 1.165) is 45.1 Å². The topological polar surface area (TPSA) is 30.5 Å². The minimum absolute atomic E-state index is 0.717. The van der Waals surface area contributed by atoms with Crippen molar-refractivity contribution in [1.82, 2.24) is 5.32 Å². The van der Waals surface area contributed by atoms with Gasteiger partial charge < -0.3 is 14.8 Å². The van der Waals surface area contributed by atoms with E-state index in [-0.39, 0.29) is 0 Å². The minimum Gasteiger partial charge on any atom is -0.494 e. The maximum Gasteiger partial charge on any atom is 0.119 e. The Kier molecular flexibility index (Phi) is 7.43. The Labute approximate surface area is 104 Å². The third-order valence-electron chi connectivity index (χ3n) is 2.41. The van der Waals surface area contributed by atoms with Gasteiger partial charge in [0.25, 0.3) is 0 Å². The normalized spacial score (nSPS) is 10.5. The Morgan fingerprint density at radius 3 is 2.47 bits per heavy atom. The van der Waals surface area contributed by atoms with E-state index in [1.807, 2.05) is 26.0 Å². The zero-order valence-electron chi connectivity index (χ0n) is 10.9. The molecule has 0 amide bonds. The molecule has 0 aliphatic rings. The van der Waals surface area contributed by atoms with Crippen LogP contribution in [0.5, 0.6) is 5.75 Å². The van der Waals surface area contributed by atoms with Crippen LogP contribution < -0.4 is 10.1 Å². The van der Waals surface area contributed by atoms with Gasteiger partial charge in [-0.1, -0.05) is 12.1 Å². The quantitative estimate of drug-likeness (QED) is 0.670. The fourth-order valence-corrected chi connectivity index (χ4v) is 1.55. The zero-order chi connectivity index (χ0) is 12.3. The summed E-state index contributed by atoms with van der Waals surface area (Å²) in [5.74, 6) is 0.938. The molecule has 1 aromatic rings. The fourth-order valence-electron chi connectivity index (χ4n) is 1.55. The van der Waals surface area contributed by atoms with Crippen LogP contribution in [0, 0.1) is 0 Å². The molecule has 0 bridgehead atoms. The standard InChI is InChI=1S/C14H23NO2/c1-3-16-11-5-10-15-12-13-6-8-14(9-7-13)17-4-2/h6-9,15H,3-5,10-12H2,1-2H3. The summed E-state index contributed by atoms with van der Waals surface area (Å²) in [7, 11) is 0. The minimum atomic E-state index is 0.717. The first-order chi connectivity index (χ1) is 8.36. The van der Waals surface area contributed by atoms with E-state index in [0.29, 0.717) is 0 Å². The van der Waals surface area contributed by atoms with E-state index in [4.69, 9.17) is 9.47 Å². The molecule has 0 fully saturated rings. The van der Waals surface area contributed by atoms with Gasteiger partial charge in [-0.2, -0.15) is 0 Å². The summed E-state index contributed by atoms with van der Waals surface area (Å²) in [6.07, 6.45) is 1.06. The van der Waals surface area contributed by atoms with Gasteiger partial charge in [-0.25, -0.2) is 0 Å². The number of benzene rings is 1. The summed E-state index contributed by atoms with van der Waals surface area (Å²) in [5.41, 5.74) is 1.28. The summed E-state index contributed by atoms with van der Waals surface area (Å²) in [5, 5.41) is 3.39. The summed E-state index contributed by atoms with van der Waals surface area (Å²) in [6.45, 7) is 8.27. The van der Waals surface area contributed by atoms with Gasteiger partial charge in [0.1, 0.15) is 5.75 Å². The van der Waals surface area contributed by atoms with Gasteiger partial charge in [0, 0.05) is 19.8 Å². The van der Waals surface area contributed by atoms with Gasteiger partial charge in [0.05, 0.1) is 6.61 Å². The first-order valence-electron chi connectivity index (χ1n) is 6.37. The Morgan fingerprint density at radius 1 is 1.06 bits per heavy atom. The highest BCUT2D eigenvalue weighted by atomic mass is 16.5. The van der Waals surface area contributed by atoms with Gasteiger partial charge in [-0.3, -0.25) is 0 Å². The molecule has 0 aliphatic carbocycles. The van der Waals surface area contributed by atoms with E-state index in [2.05, 4.69) is 17.4 Å². The average Bonchev–Trinajstić information content (AvgIpc) is 2.36. The summed E-state index contributed by atoms with van der Waals surface area (Å²) < 4.78 is 10.7. The van der Waals surface area contributed by atoms with Crippen molar-refractivity contribution in [2.45, 2.75) is 26.8 Å². The first-order valence-corrected chi connectivity index (χ1v) is 6.37. The molecule has 3 nitrogen and oxygen atoms in total. The van der Waals surface area contributed by atoms with Crippen LogP contribution in [0.4, 0.5) is 0 Å². The maximum absolute atomic E-state index is 5.39. The molecule has 1 N–H and O–H groups in total. The molecule has 0 aliphatic heterocycles. The second kappa shape index (κ2) is 9.02. The number of rotatable bonds is 9. The molecule has 0 spiro atoms. The molecule has 0 heterocycles. The zero-order valence-corrected chi connectivity index (χ0v) is 10.9. The van der Waals surface area contributed by atoms with Crippen LogP contribution >= 0.6 is 0 Å². The Bertz CT molecular complexity index is 285. The van der Waals surface area contributed by atoms with E-state index in [1.54, 1.807) is 0 Å². The monoisotopic (exact) mass is 237 g/mol. The molecule has 0 atom stereocenters. The van der Waals surface area contributed by atoms with Crippen LogP contribution in [-0.4, -0.2) is 26.4 Å². The predicted octanol–water partition coefficient (Wildman–Crippen LogP) is 2.60. The van der Waals surface area contributed by atoms with Crippen molar-refractivity contribution in [2.24, 2.45) is 0 Å². The van der Waals surface area contributed by atoms with Gasteiger partial charge in [-0.15, -0.1) is 0 Å². The molecule has 0 unspecified atom stereocenters. The van der Waals surface area contributed by atoms with Crippen molar-refractivity contribution in [2.75, 3.05) is 26.4 Å². The first kappa shape index (κ1) is 14.0. The molecule has 0 aromatic heterocycles. The van der Waals surface area contributed by atoms with E-state index < -0.39 is 0 Å². The highest BCUT2D eigenvalue weighted by Crippen LogP contribution is 2.11. The third-order valence-corrected chi connectivity index (χ3v) is 2.41. The van der Waals surface area contributed by atoms with Crippen LogP contribution in [0.3, 0.4) is 0 Å². The van der Waals surface area contributed by atoms with Crippen molar-refractivity contribution in [3.05, 3.63) is 29.8 Å². The Hall–Kier alpha value is -1.06. The van der Waals surface area contributed by atoms with Crippen molar-refractivity contribution in [3.8, 4) is 5.75 Å². The van der Waals surface area contributed by atoms with Crippen molar-refractivity contribution in [3.63, 3.8) is 0 Å². The molecule has 0 saturated heterocycles. The maximum atomic E-state index is 5.39. The van der Waals surface area contributed by atoms with Crippen molar-refractivity contribution < 1.29 is 9.47 Å². The van der Waals surface area contributed by atoms with Gasteiger partial charge >= 0.3 is 0 Å². The lowest BCUT2D eigenvalue weighted by Crippen LogP contribution is -2.16. The number of ether oxygens (including phenoxy) is 2. The van der Waals surface area contributed by atoms with Crippen molar-refractivity contribution in [1.29, 1.82) is 0 Å². The van der Waals surface area contributed by atoms with Gasteiger partial charge in [0.2, 0.25) is 0 Å². The van der Waals surface area contributed by atoms with Crippen LogP contribution in [0.2, 0.25) is 0 Å². The number of hydrogen-bond donors (Lipinski definition) is 1. The number of nitrogens with one attached hydrogen (secondary N) is 1. The van der Waals surface area contributed by atoms with E-state index in [9.17, 15) is 0 Å². The van der Waals surface area contributed by atoms with Crippen molar-refractivity contribution >= 4 is 0 Å². The molecule has 3 heteroatoms. The number of hydrogen-bond acceptors (Lipinski definition) is 3. The van der Waals surface area contributed by atoms with E-state index in [1.165, 1.54) is 5.56 Å². The summed E-state index contributed by atoms with van der Waals surface area (Å²) in [4.78, 5) is 0. The molecular weight excluding hydrogens is 214 g/mol. The lowest BCUT2D eigenvalue weighted by Gasteiger charge is -2.07. The summed E-state index contributed by atoms with van der Waals surface area (Å²) in [6, 6.07) is 8.22. The molecule has 96 valence electrons. The van der Waals surface area contributed by atoms with Crippen LogP contribution in [-0.2, 0) is 11.3 Å². The highest BCUT2D eigenvalue weighted by molar-refractivity contribution is 5.27. The predicted molar refractivity (Wildman–Crippen MR) is 70.4 cm³/mol. The molecule has 0 saturated carbocycles. The Morgan fingerprint density at radius 2 is 1.82 bits per heavy atom. The van der Waals surface area contributed by atoms with Gasteiger partial charge in [0.15, 0.2) is 0 Å². The second-order valence-corrected chi connectivity index (χ2v) is 3.80. The largest absolute Gasteiger partial charge is 0.494 e.